The average molecular weight is 1350 g/mol. The first-order valence-electron chi connectivity index (χ1n) is 32.9. The molecular formula is C66H89B7NNaO22. The molecule has 14 radical (unpaired) electrons. The smallest absolute Gasteiger partial charge is 1.00 e. The first kappa shape index (κ1) is 83.6. The van der Waals surface area contributed by atoms with Gasteiger partial charge < -0.3 is 88.7 Å². The number of hydrogen-bond acceptors (Lipinski definition) is 22. The summed E-state index contributed by atoms with van der Waals surface area (Å²) < 4.78 is 72.0. The Balaban J connectivity index is 0.000000280. The van der Waals surface area contributed by atoms with E-state index in [0.29, 0.717) is 61.6 Å². The molecular weight excluding hydrogens is 1260 g/mol. The number of benzene rings is 3. The molecule has 7 fully saturated rings. The molecule has 0 spiro atoms. The molecule has 7 aliphatic rings. The summed E-state index contributed by atoms with van der Waals surface area (Å²) in [5.41, 5.74) is 1.44. The number of hydrogen-bond donors (Lipinski definition) is 5. The minimum absolute atomic E-state index is 0. The van der Waals surface area contributed by atoms with Crippen molar-refractivity contribution in [2.75, 3.05) is 20.3 Å². The molecule has 512 valence electrons. The molecule has 3 aromatic rings. The number of rotatable bonds is 21. The van der Waals surface area contributed by atoms with Gasteiger partial charge in [0.05, 0.1) is 79.1 Å². The second-order valence-corrected chi connectivity index (χ2v) is 23.9. The van der Waals surface area contributed by atoms with Crippen LogP contribution in [0.1, 0.15) is 138 Å². The van der Waals surface area contributed by atoms with Crippen LogP contribution in [0.2, 0.25) is 0 Å². The van der Waals surface area contributed by atoms with Gasteiger partial charge in [-0.1, -0.05) is 89.2 Å². The first-order chi connectivity index (χ1) is 45.9. The standard InChI is InChI=1S/C23H29B2NO8.C18H22B2O6.C13H15BO3.C6H11BO3.C6H11BO2.Na.H/c1-3-14-20(34-19(28)10-9-18(27)26-2)21(22(25)32-14)30-12-16-15(11-17(24)31-16)33-23(29)13-7-5-4-6-8-13;1-2-11-15(21)16(17(20)25-11)23-9-13-12(8-14(19)24-13)26-18(22)10-6-4-3-5-7-10;1-2-10-11(8-12(14)16-10)17-13(15)9-6-4-3-5-7-9;1-2-3-4(8)5(9)6(7)10-3;1-2-5-4(8)3-6(7)9-5;;/h4-8,14-17,20-22H,3,9-12H2,1-2H3,(H,26,27);3-7,11-17,21H,2,8-9H2,1H3;3-7,10-12H,2,8H2,1H3;3-6,8-9H,2H2,1H3;4-6,8H,2-3H2,1H3;;/q;;;;;+1;-1/t14-,15?,16-,17-,20?,21+,22-;11-,12?,13-,14-,15?,16+,17-;10-,11?,12-;3-,4?,5+,6-;4?,5-,6-;;/m11111../s1. The van der Waals surface area contributed by atoms with Crippen molar-refractivity contribution in [3.8, 4) is 0 Å². The summed E-state index contributed by atoms with van der Waals surface area (Å²) in [7, 11) is 41.7. The van der Waals surface area contributed by atoms with Crippen molar-refractivity contribution < 1.29 is 137 Å². The van der Waals surface area contributed by atoms with Crippen LogP contribution in [-0.2, 0) is 71.2 Å². The van der Waals surface area contributed by atoms with Crippen molar-refractivity contribution in [1.82, 2.24) is 5.32 Å². The zero-order valence-electron chi connectivity index (χ0n) is 57.4. The molecule has 7 heterocycles. The van der Waals surface area contributed by atoms with E-state index in [1.807, 2.05) is 58.9 Å². The van der Waals surface area contributed by atoms with Crippen molar-refractivity contribution in [1.29, 1.82) is 0 Å². The number of nitrogens with one attached hydrogen (secondary N) is 1. The fraction of sp³-hybridized carbons (Fsp3) is 0.652. The number of aliphatic hydroxyl groups is 4. The van der Waals surface area contributed by atoms with E-state index in [9.17, 15) is 34.2 Å². The van der Waals surface area contributed by atoms with E-state index >= 15 is 0 Å². The van der Waals surface area contributed by atoms with Gasteiger partial charge in [-0.2, -0.15) is 0 Å². The summed E-state index contributed by atoms with van der Waals surface area (Å²) in [6.07, 6.45) is -3.57. The number of carbonyl (C=O) groups is 5. The second-order valence-electron chi connectivity index (χ2n) is 23.9. The van der Waals surface area contributed by atoms with E-state index < -0.39 is 115 Å². The Morgan fingerprint density at radius 1 is 0.423 bits per heavy atom. The topological polar surface area (TPSA) is 298 Å². The SMILES string of the molecule is [B][C@@H]1O[C@H](CC)C(O)[C@@H]1O.[B][C@@H]1O[C@H](CC)C(O)[C@@H]1OC[C@H]1O[C@@H]([B])CC1OC(=O)c1ccccc1.[B][C@@H]1O[C@H](CC)C(OC(=O)CCC(=O)NC)[C@@H]1OC[C@H]1O[C@@H]([B])CC1OC(=O)c1ccccc1.[B][C@H]1CC(O)[C@@H](CC)O1.[B][C@H]1CC(OC(=O)c2ccccc2)[C@@H](CC)O1.[H-].[Na+]. The van der Waals surface area contributed by atoms with E-state index in [0.717, 1.165) is 12.8 Å². The number of carbonyl (C=O) groups excluding carboxylic acids is 5. The summed E-state index contributed by atoms with van der Waals surface area (Å²) in [5, 5.41) is 40.1. The normalized spacial score (nSPS) is 34.5. The maximum atomic E-state index is 12.5. The van der Waals surface area contributed by atoms with Crippen LogP contribution in [0.15, 0.2) is 91.0 Å². The summed E-state index contributed by atoms with van der Waals surface area (Å²) in [5.74, 6) is -2.05. The Hall–Kier alpha value is -4.06. The Bertz CT molecular complexity index is 2820. The number of esters is 4. The van der Waals surface area contributed by atoms with Crippen LogP contribution in [0.25, 0.3) is 0 Å². The van der Waals surface area contributed by atoms with Gasteiger partial charge in [-0.05, 0) is 74.9 Å². The van der Waals surface area contributed by atoms with Crippen LogP contribution < -0.4 is 34.9 Å². The average Bonchev–Trinajstić information content (AvgIpc) is 1.68. The van der Waals surface area contributed by atoms with Crippen molar-refractivity contribution in [3.05, 3.63) is 108 Å². The molecule has 10 rings (SSSR count). The van der Waals surface area contributed by atoms with E-state index in [2.05, 4.69) is 5.32 Å². The van der Waals surface area contributed by atoms with Gasteiger partial charge in [0.1, 0.15) is 110 Å². The molecule has 7 saturated heterocycles. The summed E-state index contributed by atoms with van der Waals surface area (Å²) in [6.45, 7) is 9.72. The Morgan fingerprint density at radius 2 is 0.784 bits per heavy atom. The van der Waals surface area contributed by atoms with Gasteiger partial charge in [-0.3, -0.25) is 9.59 Å². The van der Waals surface area contributed by atoms with Crippen molar-refractivity contribution in [2.24, 2.45) is 0 Å². The molecule has 97 heavy (non-hydrogen) atoms. The molecule has 0 bridgehead atoms. The maximum Gasteiger partial charge on any atom is 1.00 e. The molecule has 7 aliphatic heterocycles. The van der Waals surface area contributed by atoms with Crippen LogP contribution >= 0.6 is 0 Å². The molecule has 31 heteroatoms. The van der Waals surface area contributed by atoms with Crippen molar-refractivity contribution >= 4 is 84.7 Å². The second kappa shape index (κ2) is 42.4. The molecule has 24 atom stereocenters. The third-order valence-corrected chi connectivity index (χ3v) is 16.9. The molecule has 0 saturated carbocycles. The van der Waals surface area contributed by atoms with Crippen LogP contribution in [-0.4, -0.2) is 271 Å². The molecule has 23 nitrogen and oxygen atoms in total. The van der Waals surface area contributed by atoms with Crippen molar-refractivity contribution in [2.45, 2.75) is 251 Å². The minimum Gasteiger partial charge on any atom is -1.00 e. The van der Waals surface area contributed by atoms with Crippen molar-refractivity contribution in [3.63, 3.8) is 0 Å². The van der Waals surface area contributed by atoms with Gasteiger partial charge in [-0.15, -0.1) is 0 Å². The fourth-order valence-corrected chi connectivity index (χ4v) is 11.5. The van der Waals surface area contributed by atoms with Crippen LogP contribution in [0, 0.1) is 0 Å². The van der Waals surface area contributed by atoms with E-state index in [1.165, 1.54) is 7.05 Å². The largest absolute Gasteiger partial charge is 1.00 e. The third-order valence-electron chi connectivity index (χ3n) is 16.9. The molecule has 7 unspecified atom stereocenters. The number of amides is 1. The quantitative estimate of drug-likeness (QED) is 0.0498. The minimum atomic E-state index is -0.926. The van der Waals surface area contributed by atoms with Crippen LogP contribution in [0.3, 0.4) is 0 Å². The Kier molecular flexibility index (Phi) is 36.5. The van der Waals surface area contributed by atoms with E-state index in [4.69, 9.17) is 127 Å². The molecule has 1 amide bonds. The van der Waals surface area contributed by atoms with E-state index in [1.54, 1.807) is 66.7 Å². The fourth-order valence-electron chi connectivity index (χ4n) is 11.5. The van der Waals surface area contributed by atoms with Gasteiger partial charge >= 0.3 is 53.4 Å². The first-order valence-corrected chi connectivity index (χ1v) is 32.9. The van der Waals surface area contributed by atoms with E-state index in [-0.39, 0.29) is 118 Å². The zero-order valence-corrected chi connectivity index (χ0v) is 58.4. The predicted molar refractivity (Wildman–Crippen MR) is 356 cm³/mol. The predicted octanol–water partition coefficient (Wildman–Crippen LogP) is -0.758. The Morgan fingerprint density at radius 3 is 1.14 bits per heavy atom. The zero-order chi connectivity index (χ0) is 70.2. The number of ether oxygens (including phenoxy) is 13. The Labute approximate surface area is 602 Å². The summed E-state index contributed by atoms with van der Waals surface area (Å²) >= 11 is 0. The maximum absolute atomic E-state index is 12.5. The molecule has 3 aromatic carbocycles. The molecule has 0 aromatic heterocycles. The molecule has 0 aliphatic carbocycles. The summed E-state index contributed by atoms with van der Waals surface area (Å²) in [6, 6.07) is 22.3. The molecule has 5 N–H and O–H groups in total. The van der Waals surface area contributed by atoms with Gasteiger partial charge in [0.25, 0.3) is 0 Å². The number of aliphatic hydroxyl groups excluding tert-OH is 4. The monoisotopic (exact) mass is 1350 g/mol. The van der Waals surface area contributed by atoms with Gasteiger partial charge in [0.15, 0.2) is 6.10 Å². The van der Waals surface area contributed by atoms with Gasteiger partial charge in [0.2, 0.25) is 5.91 Å². The van der Waals surface area contributed by atoms with Gasteiger partial charge in [-0.25, -0.2) is 14.4 Å². The summed E-state index contributed by atoms with van der Waals surface area (Å²) in [4.78, 5) is 60.3. The third kappa shape index (κ3) is 25.5. The van der Waals surface area contributed by atoms with Crippen LogP contribution in [0.5, 0.6) is 0 Å². The van der Waals surface area contributed by atoms with Gasteiger partial charge in [0, 0.05) is 74.8 Å². The van der Waals surface area contributed by atoms with Crippen LogP contribution in [0.4, 0.5) is 0 Å².